The van der Waals surface area contributed by atoms with Crippen molar-refractivity contribution in [3.8, 4) is 0 Å². The number of aliphatic hydroxyl groups excluding tert-OH is 1. The predicted molar refractivity (Wildman–Crippen MR) is 122 cm³/mol. The van der Waals surface area contributed by atoms with Gasteiger partial charge in [0.15, 0.2) is 0 Å². The predicted octanol–water partition coefficient (Wildman–Crippen LogP) is -0.0294. The summed E-state index contributed by atoms with van der Waals surface area (Å²) in [5, 5.41) is 23.4. The third-order valence-corrected chi connectivity index (χ3v) is 9.50. The van der Waals surface area contributed by atoms with Gasteiger partial charge in [-0.15, -0.1) is 16.9 Å². The monoisotopic (exact) mass is 472 g/mol. The molecule has 1 spiro atoms. The Morgan fingerprint density at radius 2 is 2.09 bits per heavy atom. The van der Waals surface area contributed by atoms with Gasteiger partial charge in [0, 0.05) is 25.4 Å². The van der Waals surface area contributed by atoms with Crippen LogP contribution >= 0.6 is 11.8 Å². The molecule has 2 aromatic rings. The number of hydrogen-bond acceptors (Lipinski definition) is 7. The van der Waals surface area contributed by atoms with E-state index in [1.54, 1.807) is 28.4 Å². The van der Waals surface area contributed by atoms with Crippen LogP contribution in [0.3, 0.4) is 0 Å². The molecule has 0 radical (unpaired) electrons. The van der Waals surface area contributed by atoms with E-state index in [-0.39, 0.29) is 48.7 Å². The lowest BCUT2D eigenvalue weighted by molar-refractivity contribution is -0.140. The standard InChI is InChI=1S/C22H28N6O4S/c1-12-10-15-16(19(30)23-2)17-21(32)27(8-5-9-29)18(22(12,17)33-15)20(31)24-11-28-14-7-4-3-6-13(14)25-26-28/h3-4,6-7,12,15-18,29H,5,8-11H2,1-2H3,(H,23,30)(H,24,31)/t12?,15-,16+,17-,18?,22?/m0/s1. The van der Waals surface area contributed by atoms with Crippen molar-refractivity contribution < 1.29 is 19.5 Å². The van der Waals surface area contributed by atoms with Gasteiger partial charge in [0.2, 0.25) is 17.7 Å². The fourth-order valence-electron chi connectivity index (χ4n) is 6.05. The Balaban J connectivity index is 1.46. The number of aromatic nitrogens is 3. The van der Waals surface area contributed by atoms with Crippen LogP contribution in [0.25, 0.3) is 11.0 Å². The molecule has 176 valence electrons. The number of thioether (sulfide) groups is 1. The molecule has 0 saturated carbocycles. The van der Waals surface area contributed by atoms with Crippen LogP contribution in [0.1, 0.15) is 19.8 Å². The van der Waals surface area contributed by atoms with Crippen molar-refractivity contribution in [2.75, 3.05) is 20.2 Å². The molecule has 3 aliphatic rings. The molecular weight excluding hydrogens is 444 g/mol. The molecule has 3 aliphatic heterocycles. The summed E-state index contributed by atoms with van der Waals surface area (Å²) in [6.07, 6.45) is 1.16. The molecule has 6 atom stereocenters. The summed E-state index contributed by atoms with van der Waals surface area (Å²) in [4.78, 5) is 41.6. The summed E-state index contributed by atoms with van der Waals surface area (Å²) in [5.74, 6) is -1.46. The van der Waals surface area contributed by atoms with Crippen LogP contribution in [0.15, 0.2) is 24.3 Å². The van der Waals surface area contributed by atoms with Gasteiger partial charge in [0.05, 0.1) is 22.1 Å². The molecule has 10 nitrogen and oxygen atoms in total. The van der Waals surface area contributed by atoms with Crippen molar-refractivity contribution in [3.63, 3.8) is 0 Å². The fourth-order valence-corrected chi connectivity index (χ4v) is 8.47. The van der Waals surface area contributed by atoms with Gasteiger partial charge in [-0.05, 0) is 30.9 Å². The first-order chi connectivity index (χ1) is 15.9. The Bertz CT molecular complexity index is 1110. The van der Waals surface area contributed by atoms with Gasteiger partial charge >= 0.3 is 0 Å². The van der Waals surface area contributed by atoms with Crippen LogP contribution in [-0.4, -0.2) is 79.0 Å². The average molecular weight is 473 g/mol. The van der Waals surface area contributed by atoms with Crippen LogP contribution in [-0.2, 0) is 21.1 Å². The Kier molecular flexibility index (Phi) is 5.56. The minimum absolute atomic E-state index is 0.0171. The second kappa shape index (κ2) is 8.28. The SMILES string of the molecule is CNC(=O)[C@@H]1[C@@H]2CC(C)C3(S2)C(C(=O)NCn2nnc4ccccc42)N(CCCO)C(=O)[C@H]13. The van der Waals surface area contributed by atoms with Crippen molar-refractivity contribution in [2.45, 2.75) is 42.5 Å². The van der Waals surface area contributed by atoms with E-state index >= 15 is 0 Å². The number of rotatable bonds is 7. The van der Waals surface area contributed by atoms with Gasteiger partial charge in [0.1, 0.15) is 18.2 Å². The maximum atomic E-state index is 13.7. The highest BCUT2D eigenvalue weighted by molar-refractivity contribution is 8.02. The molecule has 3 saturated heterocycles. The third-order valence-electron chi connectivity index (χ3n) is 7.42. The van der Waals surface area contributed by atoms with Crippen molar-refractivity contribution in [3.05, 3.63) is 24.3 Å². The first-order valence-corrected chi connectivity index (χ1v) is 12.2. The number of amides is 3. The molecule has 4 heterocycles. The highest BCUT2D eigenvalue weighted by Gasteiger charge is 2.75. The highest BCUT2D eigenvalue weighted by atomic mass is 32.2. The molecule has 2 bridgehead atoms. The van der Waals surface area contributed by atoms with Crippen LogP contribution in [0.5, 0.6) is 0 Å². The molecule has 3 N–H and O–H groups in total. The van der Waals surface area contributed by atoms with E-state index in [0.717, 1.165) is 17.5 Å². The van der Waals surface area contributed by atoms with Gasteiger partial charge in [-0.1, -0.05) is 24.3 Å². The van der Waals surface area contributed by atoms with Crippen LogP contribution in [0.4, 0.5) is 0 Å². The zero-order valence-electron chi connectivity index (χ0n) is 18.6. The Labute approximate surface area is 195 Å². The van der Waals surface area contributed by atoms with Crippen LogP contribution in [0, 0.1) is 17.8 Å². The second-order valence-corrected chi connectivity index (χ2v) is 10.6. The number of hydrogen-bond donors (Lipinski definition) is 3. The minimum Gasteiger partial charge on any atom is -0.396 e. The molecule has 3 unspecified atom stereocenters. The highest BCUT2D eigenvalue weighted by Crippen LogP contribution is 2.68. The van der Waals surface area contributed by atoms with E-state index in [1.165, 1.54) is 0 Å². The molecule has 0 aliphatic carbocycles. The quantitative estimate of drug-likeness (QED) is 0.516. The molecule has 5 rings (SSSR count). The van der Waals surface area contributed by atoms with Gasteiger partial charge in [0.25, 0.3) is 0 Å². The molecule has 3 fully saturated rings. The lowest BCUT2D eigenvalue weighted by atomic mass is 9.66. The van der Waals surface area contributed by atoms with E-state index in [2.05, 4.69) is 27.9 Å². The molecular formula is C22H28N6O4S. The van der Waals surface area contributed by atoms with Crippen molar-refractivity contribution in [1.82, 2.24) is 30.5 Å². The zero-order chi connectivity index (χ0) is 23.3. The number of fused-ring (bicyclic) bond motifs is 2. The average Bonchev–Trinajstić information content (AvgIpc) is 3.53. The largest absolute Gasteiger partial charge is 0.396 e. The van der Waals surface area contributed by atoms with Crippen molar-refractivity contribution in [1.29, 1.82) is 0 Å². The summed E-state index contributed by atoms with van der Waals surface area (Å²) in [5.41, 5.74) is 1.54. The summed E-state index contributed by atoms with van der Waals surface area (Å²) in [7, 11) is 1.59. The first kappa shape index (κ1) is 22.1. The Morgan fingerprint density at radius 3 is 2.85 bits per heavy atom. The maximum Gasteiger partial charge on any atom is 0.245 e. The zero-order valence-corrected chi connectivity index (χ0v) is 19.4. The fraction of sp³-hybridized carbons (Fsp3) is 0.591. The molecule has 33 heavy (non-hydrogen) atoms. The third kappa shape index (κ3) is 3.16. The minimum atomic E-state index is -0.712. The van der Waals surface area contributed by atoms with Gasteiger partial charge in [-0.3, -0.25) is 14.4 Å². The molecule has 11 heteroatoms. The molecule has 1 aromatic heterocycles. The molecule has 3 amide bonds. The lowest BCUT2D eigenvalue weighted by Crippen LogP contribution is -2.56. The number of benzene rings is 1. The number of nitrogens with one attached hydrogen (secondary N) is 2. The van der Waals surface area contributed by atoms with E-state index in [0.29, 0.717) is 6.42 Å². The summed E-state index contributed by atoms with van der Waals surface area (Å²) in [6, 6.07) is 6.78. The van der Waals surface area contributed by atoms with Crippen molar-refractivity contribution in [2.24, 2.45) is 17.8 Å². The van der Waals surface area contributed by atoms with Crippen molar-refractivity contribution >= 4 is 40.5 Å². The van der Waals surface area contributed by atoms with E-state index in [4.69, 9.17) is 0 Å². The smallest absolute Gasteiger partial charge is 0.245 e. The van der Waals surface area contributed by atoms with Crippen LogP contribution in [0.2, 0.25) is 0 Å². The second-order valence-electron chi connectivity index (χ2n) is 9.05. The van der Waals surface area contributed by atoms with E-state index in [1.807, 2.05) is 24.3 Å². The number of carbonyl (C=O) groups excluding carboxylic acids is 3. The van der Waals surface area contributed by atoms with Gasteiger partial charge in [-0.25, -0.2) is 4.68 Å². The normalized spacial score (nSPS) is 32.4. The summed E-state index contributed by atoms with van der Waals surface area (Å²) >= 11 is 1.63. The Morgan fingerprint density at radius 1 is 1.30 bits per heavy atom. The molecule has 1 aromatic carbocycles. The number of aliphatic hydroxyl groups is 1. The maximum absolute atomic E-state index is 13.7. The van der Waals surface area contributed by atoms with Gasteiger partial charge < -0.3 is 20.6 Å². The van der Waals surface area contributed by atoms with Gasteiger partial charge in [-0.2, -0.15) is 0 Å². The summed E-state index contributed by atoms with van der Waals surface area (Å²) in [6.45, 7) is 2.40. The first-order valence-electron chi connectivity index (χ1n) is 11.3. The Hall–Kier alpha value is -2.66. The number of likely N-dealkylation sites (tertiary alicyclic amines) is 1. The summed E-state index contributed by atoms with van der Waals surface area (Å²) < 4.78 is 0.954. The van der Waals surface area contributed by atoms with E-state index < -0.39 is 22.6 Å². The number of carbonyl (C=O) groups is 3. The number of nitrogens with zero attached hydrogens (tertiary/aromatic N) is 4. The van der Waals surface area contributed by atoms with E-state index in [9.17, 15) is 19.5 Å². The van der Waals surface area contributed by atoms with Crippen LogP contribution < -0.4 is 10.6 Å². The topological polar surface area (TPSA) is 129 Å². The lowest BCUT2D eigenvalue weighted by Gasteiger charge is -2.38. The number of para-hydroxylation sites is 1.